The number of anilines is 1. The summed E-state index contributed by atoms with van der Waals surface area (Å²) in [5.41, 5.74) is 6.51. The quantitative estimate of drug-likeness (QED) is 0.856. The summed E-state index contributed by atoms with van der Waals surface area (Å²) in [6.07, 6.45) is 2.17. The topological polar surface area (TPSA) is 75.4 Å². The van der Waals surface area contributed by atoms with Crippen LogP contribution in [0.5, 0.6) is 0 Å². The van der Waals surface area contributed by atoms with Crippen molar-refractivity contribution >= 4 is 15.7 Å². The number of rotatable bonds is 4. The minimum Gasteiger partial charge on any atom is -0.370 e. The Kier molecular flexibility index (Phi) is 4.44. The Morgan fingerprint density at radius 3 is 2.84 bits per heavy atom. The van der Waals surface area contributed by atoms with Crippen LogP contribution in [0.15, 0.2) is 29.2 Å². The van der Waals surface area contributed by atoms with Crippen molar-refractivity contribution < 1.29 is 8.42 Å². The minimum absolute atomic E-state index is 0.343. The molecular weight excluding hydrogens is 262 g/mol. The largest absolute Gasteiger partial charge is 0.370 e. The van der Waals surface area contributed by atoms with Crippen LogP contribution in [0.1, 0.15) is 12.8 Å². The van der Waals surface area contributed by atoms with Gasteiger partial charge in [0.05, 0.1) is 5.69 Å². The predicted molar refractivity (Wildman–Crippen MR) is 76.7 cm³/mol. The van der Waals surface area contributed by atoms with Crippen LogP contribution in [0, 0.1) is 5.92 Å². The van der Waals surface area contributed by atoms with Gasteiger partial charge in [0.2, 0.25) is 10.0 Å². The van der Waals surface area contributed by atoms with E-state index in [0.29, 0.717) is 17.4 Å². The molecular formula is C13H21N3O2S. The van der Waals surface area contributed by atoms with Gasteiger partial charge in [-0.2, -0.15) is 0 Å². The molecule has 0 amide bonds. The molecule has 5 nitrogen and oxygen atoms in total. The number of sulfonamides is 1. The van der Waals surface area contributed by atoms with Crippen LogP contribution in [0.25, 0.3) is 0 Å². The molecule has 19 heavy (non-hydrogen) atoms. The summed E-state index contributed by atoms with van der Waals surface area (Å²) < 4.78 is 26.5. The molecule has 0 radical (unpaired) electrons. The molecule has 1 saturated heterocycles. The Balaban J connectivity index is 2.35. The van der Waals surface area contributed by atoms with Gasteiger partial charge in [-0.25, -0.2) is 13.1 Å². The van der Waals surface area contributed by atoms with E-state index in [2.05, 4.69) is 9.62 Å². The second-order valence-corrected chi connectivity index (χ2v) is 6.72. The lowest BCUT2D eigenvalue weighted by Crippen LogP contribution is -2.39. The lowest BCUT2D eigenvalue weighted by atomic mass is 9.98. The lowest BCUT2D eigenvalue weighted by molar-refractivity contribution is 0.422. The highest BCUT2D eigenvalue weighted by Crippen LogP contribution is 2.28. The SMILES string of the molecule is CNS(=O)(=O)c1ccccc1N1CCCC(CN)C1. The summed E-state index contributed by atoms with van der Waals surface area (Å²) in [4.78, 5) is 2.47. The zero-order valence-electron chi connectivity index (χ0n) is 11.2. The molecule has 1 unspecified atom stereocenters. The molecule has 1 fully saturated rings. The molecule has 0 bridgehead atoms. The first kappa shape index (κ1) is 14.3. The zero-order valence-corrected chi connectivity index (χ0v) is 12.0. The van der Waals surface area contributed by atoms with Crippen LogP contribution in [-0.2, 0) is 10.0 Å². The van der Waals surface area contributed by atoms with Gasteiger partial charge in [-0.1, -0.05) is 12.1 Å². The van der Waals surface area contributed by atoms with Crippen molar-refractivity contribution in [1.29, 1.82) is 0 Å². The molecule has 0 aromatic heterocycles. The molecule has 1 atom stereocenters. The van der Waals surface area contributed by atoms with Crippen LogP contribution in [0.4, 0.5) is 5.69 Å². The standard InChI is InChI=1S/C13H21N3O2S/c1-15-19(17,18)13-7-3-2-6-12(13)16-8-4-5-11(9-14)10-16/h2-3,6-7,11,15H,4-5,8-10,14H2,1H3. The summed E-state index contributed by atoms with van der Waals surface area (Å²) >= 11 is 0. The Hall–Kier alpha value is -1.11. The number of piperidine rings is 1. The zero-order chi connectivity index (χ0) is 13.9. The van der Waals surface area contributed by atoms with Gasteiger partial charge in [0.25, 0.3) is 0 Å². The summed E-state index contributed by atoms with van der Waals surface area (Å²) in [7, 11) is -1.99. The van der Waals surface area contributed by atoms with Crippen LogP contribution in [0.3, 0.4) is 0 Å². The molecule has 1 aliphatic heterocycles. The summed E-state index contributed by atoms with van der Waals surface area (Å²) in [6, 6.07) is 7.13. The fourth-order valence-corrected chi connectivity index (χ4v) is 3.48. The van der Waals surface area contributed by atoms with Crippen molar-refractivity contribution in [2.45, 2.75) is 17.7 Å². The van der Waals surface area contributed by atoms with E-state index in [1.807, 2.05) is 12.1 Å². The second-order valence-electron chi connectivity index (χ2n) is 4.87. The van der Waals surface area contributed by atoms with E-state index in [4.69, 9.17) is 5.73 Å². The van der Waals surface area contributed by atoms with E-state index in [-0.39, 0.29) is 0 Å². The summed E-state index contributed by atoms with van der Waals surface area (Å²) in [6.45, 7) is 2.36. The van der Waals surface area contributed by atoms with Crippen molar-refractivity contribution in [3.05, 3.63) is 24.3 Å². The third kappa shape index (κ3) is 3.08. The van der Waals surface area contributed by atoms with Gasteiger partial charge in [0.15, 0.2) is 0 Å². The smallest absolute Gasteiger partial charge is 0.242 e. The maximum atomic E-state index is 12.1. The van der Waals surface area contributed by atoms with E-state index in [1.54, 1.807) is 12.1 Å². The van der Waals surface area contributed by atoms with E-state index < -0.39 is 10.0 Å². The molecule has 0 spiro atoms. The Morgan fingerprint density at radius 1 is 1.42 bits per heavy atom. The number of para-hydroxylation sites is 1. The van der Waals surface area contributed by atoms with Crippen molar-refractivity contribution in [3.63, 3.8) is 0 Å². The first-order chi connectivity index (χ1) is 9.08. The fourth-order valence-electron chi connectivity index (χ4n) is 2.53. The number of benzene rings is 1. The minimum atomic E-state index is -3.43. The van der Waals surface area contributed by atoms with Crippen molar-refractivity contribution in [1.82, 2.24) is 4.72 Å². The normalized spacial score (nSPS) is 20.5. The van der Waals surface area contributed by atoms with Crippen molar-refractivity contribution in [2.75, 3.05) is 31.6 Å². The monoisotopic (exact) mass is 283 g/mol. The van der Waals surface area contributed by atoms with Crippen molar-refractivity contribution in [3.8, 4) is 0 Å². The maximum Gasteiger partial charge on any atom is 0.242 e. The van der Waals surface area contributed by atoms with Crippen LogP contribution >= 0.6 is 0 Å². The third-order valence-electron chi connectivity index (χ3n) is 3.62. The van der Waals surface area contributed by atoms with E-state index in [0.717, 1.165) is 31.6 Å². The van der Waals surface area contributed by atoms with Gasteiger partial charge in [-0.05, 0) is 44.5 Å². The van der Waals surface area contributed by atoms with Crippen molar-refractivity contribution in [2.24, 2.45) is 11.7 Å². The average Bonchev–Trinajstić information content (AvgIpc) is 2.47. The first-order valence-electron chi connectivity index (χ1n) is 6.56. The number of hydrogen-bond acceptors (Lipinski definition) is 4. The highest BCUT2D eigenvalue weighted by atomic mass is 32.2. The summed E-state index contributed by atoms with van der Waals surface area (Å²) in [5.74, 6) is 0.444. The Bertz CT molecular complexity index is 530. The number of nitrogens with one attached hydrogen (secondary N) is 1. The van der Waals surface area contributed by atoms with Gasteiger partial charge in [0.1, 0.15) is 4.90 Å². The average molecular weight is 283 g/mol. The molecule has 3 N–H and O–H groups in total. The number of nitrogens with zero attached hydrogens (tertiary/aromatic N) is 1. The fraction of sp³-hybridized carbons (Fsp3) is 0.538. The molecule has 106 valence electrons. The van der Waals surface area contributed by atoms with Crippen LogP contribution in [0.2, 0.25) is 0 Å². The van der Waals surface area contributed by atoms with E-state index >= 15 is 0 Å². The molecule has 0 aliphatic carbocycles. The van der Waals surface area contributed by atoms with E-state index in [1.165, 1.54) is 7.05 Å². The third-order valence-corrected chi connectivity index (χ3v) is 5.08. The molecule has 6 heteroatoms. The second kappa shape index (κ2) is 5.90. The van der Waals surface area contributed by atoms with Gasteiger partial charge < -0.3 is 10.6 Å². The van der Waals surface area contributed by atoms with E-state index in [9.17, 15) is 8.42 Å². The molecule has 2 rings (SSSR count). The Labute approximate surface area is 114 Å². The number of nitrogens with two attached hydrogens (primary N) is 1. The number of hydrogen-bond donors (Lipinski definition) is 2. The molecule has 1 aromatic rings. The van der Waals surface area contributed by atoms with Gasteiger partial charge >= 0.3 is 0 Å². The highest BCUT2D eigenvalue weighted by molar-refractivity contribution is 7.89. The lowest BCUT2D eigenvalue weighted by Gasteiger charge is -2.34. The first-order valence-corrected chi connectivity index (χ1v) is 8.04. The van der Waals surface area contributed by atoms with Crippen LogP contribution < -0.4 is 15.4 Å². The molecule has 1 heterocycles. The summed E-state index contributed by atoms with van der Waals surface area (Å²) in [5, 5.41) is 0. The highest BCUT2D eigenvalue weighted by Gasteiger charge is 2.24. The van der Waals surface area contributed by atoms with Gasteiger partial charge in [0, 0.05) is 13.1 Å². The molecule has 1 aromatic carbocycles. The van der Waals surface area contributed by atoms with Gasteiger partial charge in [-0.3, -0.25) is 0 Å². The molecule has 1 aliphatic rings. The maximum absolute atomic E-state index is 12.1. The predicted octanol–water partition coefficient (Wildman–Crippen LogP) is 0.770. The van der Waals surface area contributed by atoms with Crippen LogP contribution in [-0.4, -0.2) is 35.1 Å². The van der Waals surface area contributed by atoms with Gasteiger partial charge in [-0.15, -0.1) is 0 Å². The Morgan fingerprint density at radius 2 is 2.16 bits per heavy atom. The molecule has 0 saturated carbocycles.